The van der Waals surface area contributed by atoms with E-state index in [2.05, 4.69) is 55.4 Å². The van der Waals surface area contributed by atoms with Crippen molar-refractivity contribution in [2.75, 3.05) is 0 Å². The number of hydrogen-bond donors (Lipinski definition) is 0. The van der Waals surface area contributed by atoms with E-state index in [-0.39, 0.29) is 51.2 Å². The fourth-order valence-electron chi connectivity index (χ4n) is 9.55. The Balaban J connectivity index is 1.72. The van der Waals surface area contributed by atoms with Gasteiger partial charge in [0.05, 0.1) is 0 Å². The Labute approximate surface area is 219 Å². The van der Waals surface area contributed by atoms with Crippen LogP contribution in [0, 0.1) is 45.3 Å². The van der Waals surface area contributed by atoms with E-state index in [4.69, 9.17) is 4.74 Å². The summed E-state index contributed by atoms with van der Waals surface area (Å²) < 4.78 is 5.74. The number of ketones is 2. The molecule has 0 radical (unpaired) electrons. The van der Waals surface area contributed by atoms with Gasteiger partial charge in [0.15, 0.2) is 11.6 Å². The van der Waals surface area contributed by atoms with Crippen molar-refractivity contribution >= 4 is 17.5 Å². The van der Waals surface area contributed by atoms with E-state index in [0.29, 0.717) is 24.7 Å². The second-order valence-electron chi connectivity index (χ2n) is 14.6. The molecule has 4 nitrogen and oxygen atoms in total. The molecule has 4 rings (SSSR count). The topological polar surface area (TPSA) is 60.4 Å². The van der Waals surface area contributed by atoms with Crippen LogP contribution in [0.15, 0.2) is 11.1 Å². The highest BCUT2D eigenvalue weighted by molar-refractivity contribution is 6.11. The second kappa shape index (κ2) is 9.09. The summed E-state index contributed by atoms with van der Waals surface area (Å²) in [6.45, 7) is 19.6. The minimum Gasteiger partial charge on any atom is -0.462 e. The third-order valence-electron chi connectivity index (χ3n) is 11.7. The normalized spacial score (nSPS) is 40.6. The van der Waals surface area contributed by atoms with Gasteiger partial charge in [-0.25, -0.2) is 0 Å². The lowest BCUT2D eigenvalue weighted by atomic mass is 9.42. The molecule has 0 unspecified atom stereocenters. The van der Waals surface area contributed by atoms with Crippen LogP contribution in [0.2, 0.25) is 0 Å². The standard InChI is InChI=1S/C32H50O4/c1-19(2)11-10-12-20(3)22-13-16-31(8)28-23(34)17-25-29(5,6)26(36-21(4)33)14-15-30(25,7)27(28)24(35)18-32(22,31)9/h19-20,22,25-26H,10-18H2,1-9H3/t20-,22-,25-,26-,30+,31+,32+/m1/s1. The van der Waals surface area contributed by atoms with Crippen LogP contribution < -0.4 is 0 Å². The highest BCUT2D eigenvalue weighted by atomic mass is 16.5. The van der Waals surface area contributed by atoms with Crippen molar-refractivity contribution in [3.05, 3.63) is 11.1 Å². The average Bonchev–Trinajstić information content (AvgIpc) is 3.02. The molecule has 2 saturated carbocycles. The number of esters is 1. The van der Waals surface area contributed by atoms with Gasteiger partial charge in [-0.15, -0.1) is 0 Å². The number of carbonyl (C=O) groups excluding carboxylic acids is 3. The fourth-order valence-corrected chi connectivity index (χ4v) is 9.55. The van der Waals surface area contributed by atoms with Gasteiger partial charge in [-0.2, -0.15) is 0 Å². The maximum absolute atomic E-state index is 14.2. The fraction of sp³-hybridized carbons (Fsp3) is 0.844. The van der Waals surface area contributed by atoms with Gasteiger partial charge in [-0.3, -0.25) is 14.4 Å². The van der Waals surface area contributed by atoms with Crippen molar-refractivity contribution in [2.24, 2.45) is 45.3 Å². The van der Waals surface area contributed by atoms with E-state index < -0.39 is 0 Å². The van der Waals surface area contributed by atoms with Gasteiger partial charge in [0.1, 0.15) is 6.10 Å². The van der Waals surface area contributed by atoms with Crippen LogP contribution in [0.1, 0.15) is 120 Å². The Morgan fingerprint density at radius 3 is 2.22 bits per heavy atom. The lowest BCUT2D eigenvalue weighted by molar-refractivity contribution is -0.169. The Bertz CT molecular complexity index is 973. The van der Waals surface area contributed by atoms with Gasteiger partial charge in [0.25, 0.3) is 0 Å². The van der Waals surface area contributed by atoms with Crippen molar-refractivity contribution in [1.82, 2.24) is 0 Å². The van der Waals surface area contributed by atoms with Crippen molar-refractivity contribution in [3.63, 3.8) is 0 Å². The SMILES string of the molecule is CC(=O)O[C@@H]1CC[C@]2(C)C3=C(C(=O)C[C@@H]2C1(C)C)[C@]1(C)CC[C@H]([C@H](C)CCCC(C)C)[C@]1(C)CC3=O. The van der Waals surface area contributed by atoms with Crippen LogP contribution in [0.3, 0.4) is 0 Å². The summed E-state index contributed by atoms with van der Waals surface area (Å²) in [5, 5.41) is 0. The molecule has 0 amide bonds. The third-order valence-corrected chi connectivity index (χ3v) is 11.7. The molecule has 0 spiro atoms. The van der Waals surface area contributed by atoms with Gasteiger partial charge in [0.2, 0.25) is 0 Å². The predicted octanol–water partition coefficient (Wildman–Crippen LogP) is 7.49. The first-order valence-corrected chi connectivity index (χ1v) is 14.6. The molecule has 0 aromatic heterocycles. The van der Waals surface area contributed by atoms with E-state index in [1.54, 1.807) is 0 Å². The summed E-state index contributed by atoms with van der Waals surface area (Å²) in [4.78, 5) is 40.1. The summed E-state index contributed by atoms with van der Waals surface area (Å²) in [7, 11) is 0. The zero-order chi connectivity index (χ0) is 26.8. The van der Waals surface area contributed by atoms with Gasteiger partial charge in [-0.05, 0) is 54.8 Å². The van der Waals surface area contributed by atoms with Gasteiger partial charge >= 0.3 is 5.97 Å². The first-order chi connectivity index (χ1) is 16.6. The summed E-state index contributed by atoms with van der Waals surface area (Å²) in [5.74, 6) is 1.88. The van der Waals surface area contributed by atoms with Crippen LogP contribution in [0.25, 0.3) is 0 Å². The molecule has 36 heavy (non-hydrogen) atoms. The molecule has 0 saturated heterocycles. The Morgan fingerprint density at radius 2 is 1.61 bits per heavy atom. The van der Waals surface area contributed by atoms with E-state index in [9.17, 15) is 14.4 Å². The maximum Gasteiger partial charge on any atom is 0.302 e. The average molecular weight is 499 g/mol. The number of rotatable bonds is 6. The van der Waals surface area contributed by atoms with Gasteiger partial charge in [-0.1, -0.05) is 74.7 Å². The largest absolute Gasteiger partial charge is 0.462 e. The minimum absolute atomic E-state index is 0.00147. The van der Waals surface area contributed by atoms with Crippen LogP contribution >= 0.6 is 0 Å². The number of carbonyl (C=O) groups is 3. The maximum atomic E-state index is 14.2. The monoisotopic (exact) mass is 498 g/mol. The van der Waals surface area contributed by atoms with Crippen LogP contribution in [-0.2, 0) is 19.1 Å². The van der Waals surface area contributed by atoms with Crippen molar-refractivity contribution in [2.45, 2.75) is 126 Å². The first kappa shape index (κ1) is 27.6. The lowest BCUT2D eigenvalue weighted by Crippen LogP contribution is -2.59. The molecule has 4 aliphatic rings. The summed E-state index contributed by atoms with van der Waals surface area (Å²) in [5.41, 5.74) is 0.632. The molecule has 0 aliphatic heterocycles. The van der Waals surface area contributed by atoms with Crippen LogP contribution in [0.5, 0.6) is 0 Å². The van der Waals surface area contributed by atoms with E-state index in [1.807, 2.05) is 0 Å². The molecule has 0 aromatic rings. The smallest absolute Gasteiger partial charge is 0.302 e. The first-order valence-electron chi connectivity index (χ1n) is 14.6. The molecule has 0 N–H and O–H groups in total. The van der Waals surface area contributed by atoms with Gasteiger partial charge < -0.3 is 4.74 Å². The van der Waals surface area contributed by atoms with Crippen molar-refractivity contribution in [1.29, 1.82) is 0 Å². The molecular weight excluding hydrogens is 448 g/mol. The molecule has 2 fully saturated rings. The quantitative estimate of drug-likeness (QED) is 0.356. The highest BCUT2D eigenvalue weighted by Gasteiger charge is 2.67. The molecule has 0 bridgehead atoms. The zero-order valence-corrected chi connectivity index (χ0v) is 24.4. The minimum atomic E-state index is -0.363. The number of hydrogen-bond acceptors (Lipinski definition) is 4. The predicted molar refractivity (Wildman–Crippen MR) is 143 cm³/mol. The number of fused-ring (bicyclic) bond motifs is 4. The van der Waals surface area contributed by atoms with E-state index in [0.717, 1.165) is 42.7 Å². The molecule has 0 aromatic carbocycles. The molecule has 0 heterocycles. The number of Topliss-reactive ketones (excluding diaryl/α,β-unsaturated/α-hetero) is 2. The van der Waals surface area contributed by atoms with Crippen molar-refractivity contribution < 1.29 is 19.1 Å². The summed E-state index contributed by atoms with van der Waals surface area (Å²) in [6, 6.07) is 0. The van der Waals surface area contributed by atoms with Crippen LogP contribution in [-0.4, -0.2) is 23.6 Å². The Kier molecular flexibility index (Phi) is 6.96. The molecule has 7 atom stereocenters. The summed E-state index contributed by atoms with van der Waals surface area (Å²) in [6.07, 6.45) is 8.12. The van der Waals surface area contributed by atoms with Crippen molar-refractivity contribution in [3.8, 4) is 0 Å². The Hall–Kier alpha value is -1.45. The number of allylic oxidation sites excluding steroid dienone is 2. The Morgan fingerprint density at radius 1 is 0.944 bits per heavy atom. The summed E-state index contributed by atoms with van der Waals surface area (Å²) >= 11 is 0. The molecule has 202 valence electrons. The molecule has 4 aliphatic carbocycles. The van der Waals surface area contributed by atoms with E-state index in [1.165, 1.54) is 26.2 Å². The third kappa shape index (κ3) is 3.95. The van der Waals surface area contributed by atoms with Gasteiger partial charge in [0, 0.05) is 47.2 Å². The molecular formula is C32H50O4. The molecule has 4 heteroatoms. The van der Waals surface area contributed by atoms with E-state index >= 15 is 0 Å². The number of ether oxygens (including phenoxy) is 1. The lowest BCUT2D eigenvalue weighted by Gasteiger charge is -2.60. The second-order valence-corrected chi connectivity index (χ2v) is 14.6. The van der Waals surface area contributed by atoms with Crippen LogP contribution in [0.4, 0.5) is 0 Å². The highest BCUT2D eigenvalue weighted by Crippen LogP contribution is 2.71. The zero-order valence-electron chi connectivity index (χ0n) is 24.4.